The molecular weight excluding hydrogens is 314 g/mol. The summed E-state index contributed by atoms with van der Waals surface area (Å²) < 4.78 is 0. The number of aromatic carboxylic acids is 1. The van der Waals surface area contributed by atoms with Crippen molar-refractivity contribution in [3.63, 3.8) is 0 Å². The maximum Gasteiger partial charge on any atom is 0.338 e. The number of rotatable bonds is 5. The van der Waals surface area contributed by atoms with Gasteiger partial charge in [-0.05, 0) is 18.2 Å². The van der Waals surface area contributed by atoms with Crippen molar-refractivity contribution >= 4 is 29.1 Å². The van der Waals surface area contributed by atoms with Gasteiger partial charge in [-0.3, -0.25) is 20.2 Å². The molecule has 0 atom stereocenters. The van der Waals surface area contributed by atoms with Crippen molar-refractivity contribution in [2.45, 2.75) is 9.92 Å². The number of aromatic nitrogens is 1. The van der Waals surface area contributed by atoms with Gasteiger partial charge >= 0.3 is 5.97 Å². The molecule has 22 heavy (non-hydrogen) atoms. The SMILES string of the molecule is O=C(O)c1cccnc1Sc1ccc([N+](=O)[O-])cc1[N+](=O)[O-]. The molecule has 2 aromatic rings. The van der Waals surface area contributed by atoms with Crippen molar-refractivity contribution in [2.75, 3.05) is 0 Å². The summed E-state index contributed by atoms with van der Waals surface area (Å²) in [6, 6.07) is 5.87. The molecule has 112 valence electrons. The number of non-ortho nitro benzene ring substituents is 1. The van der Waals surface area contributed by atoms with E-state index in [1.807, 2.05) is 0 Å². The van der Waals surface area contributed by atoms with E-state index < -0.39 is 27.2 Å². The van der Waals surface area contributed by atoms with Crippen molar-refractivity contribution in [3.05, 3.63) is 62.3 Å². The molecule has 0 aliphatic heterocycles. The quantitative estimate of drug-likeness (QED) is 0.655. The van der Waals surface area contributed by atoms with E-state index in [9.17, 15) is 25.0 Å². The van der Waals surface area contributed by atoms with Crippen LogP contribution in [0.3, 0.4) is 0 Å². The molecule has 0 unspecified atom stereocenters. The van der Waals surface area contributed by atoms with E-state index in [0.717, 1.165) is 23.9 Å². The monoisotopic (exact) mass is 321 g/mol. The third-order valence-electron chi connectivity index (χ3n) is 2.56. The number of benzene rings is 1. The topological polar surface area (TPSA) is 136 Å². The highest BCUT2D eigenvalue weighted by molar-refractivity contribution is 7.99. The third-order valence-corrected chi connectivity index (χ3v) is 3.64. The molecule has 1 heterocycles. The highest BCUT2D eigenvalue weighted by Crippen LogP contribution is 2.37. The molecule has 0 spiro atoms. The lowest BCUT2D eigenvalue weighted by Gasteiger charge is -2.05. The van der Waals surface area contributed by atoms with Gasteiger partial charge in [0.05, 0.1) is 26.4 Å². The Balaban J connectivity index is 2.48. The predicted molar refractivity (Wildman–Crippen MR) is 75.1 cm³/mol. The van der Waals surface area contributed by atoms with Crippen LogP contribution < -0.4 is 0 Å². The van der Waals surface area contributed by atoms with Gasteiger partial charge in [-0.2, -0.15) is 0 Å². The molecule has 0 bridgehead atoms. The normalized spacial score (nSPS) is 10.2. The smallest absolute Gasteiger partial charge is 0.338 e. The number of nitro benzene ring substituents is 2. The molecule has 1 N–H and O–H groups in total. The number of carboxylic acid groups (broad SMARTS) is 1. The predicted octanol–water partition coefficient (Wildman–Crippen LogP) is 2.75. The second-order valence-corrected chi connectivity index (χ2v) is 4.96. The average Bonchev–Trinajstić information content (AvgIpc) is 2.47. The van der Waals surface area contributed by atoms with Gasteiger partial charge in [-0.15, -0.1) is 0 Å². The van der Waals surface area contributed by atoms with Crippen LogP contribution in [0.1, 0.15) is 10.4 Å². The molecule has 0 saturated carbocycles. The van der Waals surface area contributed by atoms with Crippen LogP contribution >= 0.6 is 11.8 Å². The molecule has 1 aromatic heterocycles. The first-order valence-electron chi connectivity index (χ1n) is 5.69. The third kappa shape index (κ3) is 3.17. The van der Waals surface area contributed by atoms with Crippen molar-refractivity contribution in [1.82, 2.24) is 4.98 Å². The van der Waals surface area contributed by atoms with E-state index in [1.54, 1.807) is 0 Å². The maximum atomic E-state index is 11.1. The summed E-state index contributed by atoms with van der Waals surface area (Å²) in [7, 11) is 0. The van der Waals surface area contributed by atoms with Crippen molar-refractivity contribution in [3.8, 4) is 0 Å². The van der Waals surface area contributed by atoms with Crippen LogP contribution in [0, 0.1) is 20.2 Å². The first-order valence-corrected chi connectivity index (χ1v) is 6.51. The largest absolute Gasteiger partial charge is 0.478 e. The van der Waals surface area contributed by atoms with Crippen LogP contribution in [0.25, 0.3) is 0 Å². The first kappa shape index (κ1) is 15.4. The van der Waals surface area contributed by atoms with Crippen molar-refractivity contribution in [2.24, 2.45) is 0 Å². The fourth-order valence-electron chi connectivity index (χ4n) is 1.59. The Labute approximate surface area is 126 Å². The van der Waals surface area contributed by atoms with Crippen LogP contribution in [-0.2, 0) is 0 Å². The van der Waals surface area contributed by atoms with Crippen LogP contribution in [0.4, 0.5) is 11.4 Å². The van der Waals surface area contributed by atoms with Gasteiger partial charge in [-0.1, -0.05) is 11.8 Å². The Bertz CT molecular complexity index is 779. The highest BCUT2D eigenvalue weighted by atomic mass is 32.2. The number of carboxylic acids is 1. The first-order chi connectivity index (χ1) is 10.4. The van der Waals surface area contributed by atoms with E-state index >= 15 is 0 Å². The lowest BCUT2D eigenvalue weighted by atomic mass is 10.3. The van der Waals surface area contributed by atoms with Crippen LogP contribution in [0.5, 0.6) is 0 Å². The lowest BCUT2D eigenvalue weighted by molar-refractivity contribution is -0.396. The number of pyridine rings is 1. The molecular formula is C12H7N3O6S. The fraction of sp³-hybridized carbons (Fsp3) is 0. The maximum absolute atomic E-state index is 11.1. The van der Waals surface area contributed by atoms with E-state index in [0.29, 0.717) is 0 Å². The van der Waals surface area contributed by atoms with Gasteiger partial charge in [0.1, 0.15) is 5.03 Å². The number of nitrogens with zero attached hydrogens (tertiary/aromatic N) is 3. The Kier molecular flexibility index (Phi) is 4.32. The van der Waals surface area contributed by atoms with Gasteiger partial charge in [0, 0.05) is 12.3 Å². The minimum absolute atomic E-state index is 0.0620. The van der Waals surface area contributed by atoms with Gasteiger partial charge in [0.25, 0.3) is 11.4 Å². The van der Waals surface area contributed by atoms with E-state index in [4.69, 9.17) is 5.11 Å². The minimum Gasteiger partial charge on any atom is -0.478 e. The van der Waals surface area contributed by atoms with E-state index in [-0.39, 0.29) is 15.5 Å². The molecule has 10 heteroatoms. The van der Waals surface area contributed by atoms with Crippen molar-refractivity contribution < 1.29 is 19.7 Å². The van der Waals surface area contributed by atoms with E-state index in [2.05, 4.69) is 4.98 Å². The fourth-order valence-corrected chi connectivity index (χ4v) is 2.55. The Morgan fingerprint density at radius 2 is 1.91 bits per heavy atom. The number of nitro groups is 2. The van der Waals surface area contributed by atoms with Gasteiger partial charge < -0.3 is 5.11 Å². The number of carbonyl (C=O) groups is 1. The number of hydrogen-bond acceptors (Lipinski definition) is 7. The summed E-state index contributed by atoms with van der Waals surface area (Å²) >= 11 is 0.762. The van der Waals surface area contributed by atoms with Gasteiger partial charge in [0.2, 0.25) is 0 Å². The van der Waals surface area contributed by atoms with Crippen LogP contribution in [-0.4, -0.2) is 25.9 Å². The zero-order valence-electron chi connectivity index (χ0n) is 10.7. The molecule has 0 aliphatic carbocycles. The van der Waals surface area contributed by atoms with Gasteiger partial charge in [0.15, 0.2) is 0 Å². The summed E-state index contributed by atoms with van der Waals surface area (Å²) in [5.74, 6) is -1.22. The molecule has 0 radical (unpaired) electrons. The summed E-state index contributed by atoms with van der Waals surface area (Å²) in [4.78, 5) is 35.2. The molecule has 0 fully saturated rings. The summed E-state index contributed by atoms with van der Waals surface area (Å²) in [6.07, 6.45) is 1.35. The zero-order chi connectivity index (χ0) is 16.3. The summed E-state index contributed by atoms with van der Waals surface area (Å²) in [6.45, 7) is 0. The second kappa shape index (κ2) is 6.18. The Morgan fingerprint density at radius 1 is 1.18 bits per heavy atom. The molecule has 2 rings (SSSR count). The molecule has 9 nitrogen and oxygen atoms in total. The summed E-state index contributed by atoms with van der Waals surface area (Å²) in [5, 5.41) is 30.8. The molecule has 0 saturated heterocycles. The molecule has 1 aromatic carbocycles. The molecule has 0 amide bonds. The van der Waals surface area contributed by atoms with E-state index in [1.165, 1.54) is 24.4 Å². The number of hydrogen-bond donors (Lipinski definition) is 1. The van der Waals surface area contributed by atoms with Gasteiger partial charge in [-0.25, -0.2) is 9.78 Å². The second-order valence-electron chi connectivity index (χ2n) is 3.93. The van der Waals surface area contributed by atoms with Crippen LogP contribution in [0.15, 0.2) is 46.5 Å². The minimum atomic E-state index is -1.22. The Hall–Kier alpha value is -3.01. The zero-order valence-corrected chi connectivity index (χ0v) is 11.5. The summed E-state index contributed by atoms with van der Waals surface area (Å²) in [5.41, 5.74) is -1.02. The average molecular weight is 321 g/mol. The standard InChI is InChI=1S/C12H7N3O6S/c16-12(17)8-2-1-5-13-11(8)22-10-4-3-7(14(18)19)6-9(10)15(20)21/h1-6H,(H,16,17). The van der Waals surface area contributed by atoms with Crippen molar-refractivity contribution in [1.29, 1.82) is 0 Å². The highest BCUT2D eigenvalue weighted by Gasteiger charge is 2.22. The lowest BCUT2D eigenvalue weighted by Crippen LogP contribution is -2.01. The molecule has 0 aliphatic rings. The van der Waals surface area contributed by atoms with Crippen LogP contribution in [0.2, 0.25) is 0 Å². The Morgan fingerprint density at radius 3 is 2.50 bits per heavy atom.